The van der Waals surface area contributed by atoms with Gasteiger partial charge in [-0.1, -0.05) is 122 Å². The summed E-state index contributed by atoms with van der Waals surface area (Å²) < 4.78 is 15.9. The van der Waals surface area contributed by atoms with Crippen molar-refractivity contribution in [2.24, 2.45) is 11.8 Å². The molecule has 1 unspecified atom stereocenters. The molecule has 0 spiro atoms. The van der Waals surface area contributed by atoms with Crippen molar-refractivity contribution in [2.75, 3.05) is 13.2 Å². The van der Waals surface area contributed by atoms with Crippen molar-refractivity contribution < 1.29 is 44.2 Å². The van der Waals surface area contributed by atoms with Gasteiger partial charge in [-0.2, -0.15) is 0 Å². The van der Waals surface area contributed by atoms with E-state index in [9.17, 15) is 30.0 Å². The average molecular weight is 669 g/mol. The highest BCUT2D eigenvalue weighted by Gasteiger charge is 2.35. The standard InChI is InChI=1S/C38H68O9/c1-4-5-15-21-31(39)25-26-35-33(34(41)27-38(44)47-35)22-17-13-14-19-24-37(43)46-29-32(40)28-45-36(42)23-18-12-10-8-6-7-9-11-16-20-30(2)3/h13,17,25-26,30-35,38-41,44H,4-12,14-16,18-24,27-29H2,1-3H3/b17-13-,26-25+/t31-,32-,33-,34-,35+,38?/m0/s1. The number of allylic oxidation sites excluding steroid dienone is 2. The molecule has 0 radical (unpaired) electrons. The predicted molar refractivity (Wildman–Crippen MR) is 185 cm³/mol. The molecule has 6 atom stereocenters. The molecule has 9 nitrogen and oxygen atoms in total. The monoisotopic (exact) mass is 668 g/mol. The van der Waals surface area contributed by atoms with Crippen LogP contribution in [0.2, 0.25) is 0 Å². The smallest absolute Gasteiger partial charge is 0.305 e. The zero-order valence-corrected chi connectivity index (χ0v) is 29.7. The Morgan fingerprint density at radius 3 is 1.98 bits per heavy atom. The number of hydrogen-bond donors (Lipinski definition) is 4. The van der Waals surface area contributed by atoms with Gasteiger partial charge in [0.05, 0.1) is 18.3 Å². The van der Waals surface area contributed by atoms with E-state index in [-0.39, 0.29) is 37.9 Å². The maximum Gasteiger partial charge on any atom is 0.305 e. The molecule has 1 heterocycles. The minimum atomic E-state index is -1.05. The van der Waals surface area contributed by atoms with Crippen molar-refractivity contribution in [3.05, 3.63) is 24.3 Å². The van der Waals surface area contributed by atoms with Crippen LogP contribution in [0.4, 0.5) is 0 Å². The molecule has 0 aliphatic carbocycles. The molecule has 9 heteroatoms. The van der Waals surface area contributed by atoms with Crippen LogP contribution in [0.25, 0.3) is 0 Å². The van der Waals surface area contributed by atoms with Crippen molar-refractivity contribution in [1.29, 1.82) is 0 Å². The summed E-state index contributed by atoms with van der Waals surface area (Å²) >= 11 is 0. The minimum Gasteiger partial charge on any atom is -0.463 e. The van der Waals surface area contributed by atoms with Gasteiger partial charge in [-0.25, -0.2) is 0 Å². The molecule has 0 bridgehead atoms. The third-order valence-electron chi connectivity index (χ3n) is 8.66. The Labute approximate surface area is 285 Å². The Morgan fingerprint density at radius 1 is 0.787 bits per heavy atom. The SMILES string of the molecule is CCCCC[C@H](O)/C=C/[C@H]1OC(O)C[C@H](O)[C@@H]1C/C=C\CCCC(=O)OC[C@@H](O)COC(=O)CCCCCCCCCCCC(C)C. The quantitative estimate of drug-likeness (QED) is 0.0391. The fraction of sp³-hybridized carbons (Fsp3) is 0.842. The number of rotatable bonds is 28. The van der Waals surface area contributed by atoms with Crippen LogP contribution in [0.5, 0.6) is 0 Å². The van der Waals surface area contributed by atoms with Crippen molar-refractivity contribution in [3.8, 4) is 0 Å². The third-order valence-corrected chi connectivity index (χ3v) is 8.66. The predicted octanol–water partition coefficient (Wildman–Crippen LogP) is 7.08. The largest absolute Gasteiger partial charge is 0.463 e. The summed E-state index contributed by atoms with van der Waals surface area (Å²) in [6, 6.07) is 0. The van der Waals surface area contributed by atoms with Crippen LogP contribution in [0.3, 0.4) is 0 Å². The van der Waals surface area contributed by atoms with Gasteiger partial charge in [0.1, 0.15) is 19.3 Å². The second-order valence-electron chi connectivity index (χ2n) is 13.7. The highest BCUT2D eigenvalue weighted by molar-refractivity contribution is 5.69. The lowest BCUT2D eigenvalue weighted by molar-refractivity contribution is -0.199. The fourth-order valence-electron chi connectivity index (χ4n) is 5.72. The Morgan fingerprint density at radius 2 is 1.36 bits per heavy atom. The average Bonchev–Trinajstić information content (AvgIpc) is 3.02. The molecule has 0 aromatic rings. The molecule has 47 heavy (non-hydrogen) atoms. The van der Waals surface area contributed by atoms with E-state index in [0.717, 1.165) is 44.4 Å². The van der Waals surface area contributed by atoms with Gasteiger partial charge in [-0.3, -0.25) is 9.59 Å². The maximum atomic E-state index is 12.1. The Kier molecular flexibility index (Phi) is 25.9. The molecule has 1 fully saturated rings. The summed E-state index contributed by atoms with van der Waals surface area (Å²) in [6.07, 6.45) is 21.5. The third kappa shape index (κ3) is 24.1. The van der Waals surface area contributed by atoms with Crippen LogP contribution in [0.1, 0.15) is 149 Å². The summed E-state index contributed by atoms with van der Waals surface area (Å²) in [4.78, 5) is 24.0. The van der Waals surface area contributed by atoms with E-state index in [0.29, 0.717) is 32.1 Å². The van der Waals surface area contributed by atoms with E-state index in [4.69, 9.17) is 14.2 Å². The second-order valence-corrected chi connectivity index (χ2v) is 13.7. The zero-order valence-electron chi connectivity index (χ0n) is 29.7. The lowest BCUT2D eigenvalue weighted by Crippen LogP contribution is -2.43. The second kappa shape index (κ2) is 28.1. The Hall–Kier alpha value is -1.78. The fourth-order valence-corrected chi connectivity index (χ4v) is 5.72. The topological polar surface area (TPSA) is 143 Å². The first-order valence-corrected chi connectivity index (χ1v) is 18.6. The molecular weight excluding hydrogens is 600 g/mol. The van der Waals surface area contributed by atoms with E-state index in [2.05, 4.69) is 20.8 Å². The first-order valence-electron chi connectivity index (χ1n) is 18.6. The summed E-state index contributed by atoms with van der Waals surface area (Å²) in [5, 5.41) is 40.7. The molecule has 0 amide bonds. The van der Waals surface area contributed by atoms with E-state index in [1.807, 2.05) is 12.2 Å². The van der Waals surface area contributed by atoms with Crippen molar-refractivity contribution in [1.82, 2.24) is 0 Å². The van der Waals surface area contributed by atoms with Crippen LogP contribution >= 0.6 is 0 Å². The van der Waals surface area contributed by atoms with Gasteiger partial charge in [-0.05, 0) is 38.0 Å². The molecule has 1 aliphatic heterocycles. The van der Waals surface area contributed by atoms with Crippen molar-refractivity contribution >= 4 is 11.9 Å². The van der Waals surface area contributed by atoms with Gasteiger partial charge in [0.25, 0.3) is 0 Å². The minimum absolute atomic E-state index is 0.137. The van der Waals surface area contributed by atoms with Crippen LogP contribution in [-0.2, 0) is 23.8 Å². The van der Waals surface area contributed by atoms with Gasteiger partial charge in [0.15, 0.2) is 6.29 Å². The summed E-state index contributed by atoms with van der Waals surface area (Å²) in [5.74, 6) is -0.212. The van der Waals surface area contributed by atoms with Gasteiger partial charge < -0.3 is 34.6 Å². The van der Waals surface area contributed by atoms with Crippen molar-refractivity contribution in [3.63, 3.8) is 0 Å². The van der Waals surface area contributed by atoms with Gasteiger partial charge >= 0.3 is 11.9 Å². The molecule has 1 aliphatic rings. The summed E-state index contributed by atoms with van der Waals surface area (Å²) in [6.45, 7) is 6.26. The number of aliphatic hydroxyl groups excluding tert-OH is 4. The van der Waals surface area contributed by atoms with E-state index in [1.54, 1.807) is 12.2 Å². The zero-order chi connectivity index (χ0) is 34.7. The summed E-state index contributed by atoms with van der Waals surface area (Å²) in [7, 11) is 0. The Bertz CT molecular complexity index is 843. The number of esters is 2. The van der Waals surface area contributed by atoms with E-state index in [1.165, 1.54) is 44.9 Å². The first-order chi connectivity index (χ1) is 22.6. The number of hydrogen-bond acceptors (Lipinski definition) is 9. The van der Waals surface area contributed by atoms with Crippen LogP contribution in [0, 0.1) is 11.8 Å². The summed E-state index contributed by atoms with van der Waals surface area (Å²) in [5.41, 5.74) is 0. The molecule has 4 N–H and O–H groups in total. The molecule has 0 aromatic heterocycles. The normalized spacial score (nSPS) is 21.4. The van der Waals surface area contributed by atoms with Crippen LogP contribution in [-0.4, -0.2) is 76.3 Å². The number of aliphatic hydroxyl groups is 4. The maximum absolute atomic E-state index is 12.1. The van der Waals surface area contributed by atoms with Gasteiger partial charge in [0, 0.05) is 25.2 Å². The molecule has 274 valence electrons. The lowest BCUT2D eigenvalue weighted by Gasteiger charge is -2.36. The molecule has 0 aromatic carbocycles. The van der Waals surface area contributed by atoms with Gasteiger partial charge in [-0.15, -0.1) is 0 Å². The number of ether oxygens (including phenoxy) is 3. The highest BCUT2D eigenvalue weighted by Crippen LogP contribution is 2.29. The van der Waals surface area contributed by atoms with E-state index >= 15 is 0 Å². The highest BCUT2D eigenvalue weighted by atomic mass is 16.6. The van der Waals surface area contributed by atoms with Crippen molar-refractivity contribution in [2.45, 2.75) is 180 Å². The molecule has 1 saturated heterocycles. The molecule has 0 saturated carbocycles. The number of carbonyl (C=O) groups is 2. The lowest BCUT2D eigenvalue weighted by atomic mass is 9.87. The van der Waals surface area contributed by atoms with E-state index < -0.39 is 36.7 Å². The first kappa shape index (κ1) is 43.2. The Balaban J connectivity index is 2.12. The molecular formula is C38H68O9. The molecule has 1 rings (SSSR count). The van der Waals surface area contributed by atoms with Crippen LogP contribution < -0.4 is 0 Å². The number of unbranched alkanes of at least 4 members (excludes halogenated alkanes) is 11. The van der Waals surface area contributed by atoms with Gasteiger partial charge in [0.2, 0.25) is 0 Å². The van der Waals surface area contributed by atoms with Crippen LogP contribution in [0.15, 0.2) is 24.3 Å². The number of carbonyl (C=O) groups excluding carboxylic acids is 2.